The summed E-state index contributed by atoms with van der Waals surface area (Å²) in [5.74, 6) is 0.551. The minimum absolute atomic E-state index is 0.195. The molecule has 0 aliphatic rings. The lowest BCUT2D eigenvalue weighted by molar-refractivity contribution is -0.134. The lowest BCUT2D eigenvalue weighted by Crippen LogP contribution is -2.24. The van der Waals surface area contributed by atoms with Gasteiger partial charge in [-0.3, -0.25) is 9.59 Å². The van der Waals surface area contributed by atoms with E-state index in [0.29, 0.717) is 31.1 Å². The van der Waals surface area contributed by atoms with Crippen molar-refractivity contribution in [3.63, 3.8) is 0 Å². The second-order valence-corrected chi connectivity index (χ2v) is 5.11. The van der Waals surface area contributed by atoms with Gasteiger partial charge < -0.3 is 19.2 Å². The van der Waals surface area contributed by atoms with Gasteiger partial charge in [-0.15, -0.1) is 0 Å². The Morgan fingerprint density at radius 2 is 1.92 bits per heavy atom. The molecule has 0 saturated carbocycles. The van der Waals surface area contributed by atoms with E-state index in [0.717, 1.165) is 6.42 Å². The molecular formula is C18H21NO5. The van der Waals surface area contributed by atoms with Crippen molar-refractivity contribution >= 4 is 11.9 Å². The van der Waals surface area contributed by atoms with Gasteiger partial charge in [0.1, 0.15) is 0 Å². The topological polar surface area (TPSA) is 77.8 Å². The van der Waals surface area contributed by atoms with E-state index in [-0.39, 0.29) is 24.1 Å². The predicted molar refractivity (Wildman–Crippen MR) is 88.1 cm³/mol. The number of carbonyl (C=O) groups excluding carboxylic acids is 2. The zero-order chi connectivity index (χ0) is 17.2. The van der Waals surface area contributed by atoms with E-state index >= 15 is 0 Å². The minimum atomic E-state index is -0.366. The zero-order valence-corrected chi connectivity index (χ0v) is 13.6. The largest absolute Gasteiger partial charge is 0.490 e. The van der Waals surface area contributed by atoms with Crippen molar-refractivity contribution < 1.29 is 23.5 Å². The average molecular weight is 331 g/mol. The van der Waals surface area contributed by atoms with Crippen LogP contribution in [0.2, 0.25) is 0 Å². The number of ether oxygens (including phenoxy) is 2. The van der Waals surface area contributed by atoms with Crippen LogP contribution in [0.15, 0.2) is 47.1 Å². The number of rotatable bonds is 9. The third kappa shape index (κ3) is 5.46. The maximum atomic E-state index is 11.9. The van der Waals surface area contributed by atoms with Crippen molar-refractivity contribution in [2.75, 3.05) is 13.2 Å². The van der Waals surface area contributed by atoms with Gasteiger partial charge >= 0.3 is 5.97 Å². The van der Waals surface area contributed by atoms with Crippen LogP contribution in [-0.4, -0.2) is 25.0 Å². The molecule has 1 N–H and O–H groups in total. The molecule has 0 fully saturated rings. The maximum Gasteiger partial charge on any atom is 0.311 e. The second kappa shape index (κ2) is 9.39. The van der Waals surface area contributed by atoms with Crippen LogP contribution in [-0.2, 0) is 4.79 Å². The number of para-hydroxylation sites is 2. The van der Waals surface area contributed by atoms with Crippen molar-refractivity contribution in [1.29, 1.82) is 0 Å². The highest BCUT2D eigenvalue weighted by molar-refractivity contribution is 5.91. The van der Waals surface area contributed by atoms with Crippen molar-refractivity contribution in [3.05, 3.63) is 48.4 Å². The second-order valence-electron chi connectivity index (χ2n) is 5.11. The highest BCUT2D eigenvalue weighted by atomic mass is 16.6. The molecule has 0 unspecified atom stereocenters. The van der Waals surface area contributed by atoms with Gasteiger partial charge in [0.05, 0.1) is 12.9 Å². The number of carbonyl (C=O) groups is 2. The molecule has 0 aliphatic carbocycles. The molecule has 2 rings (SSSR count). The molecule has 128 valence electrons. The van der Waals surface area contributed by atoms with E-state index in [9.17, 15) is 9.59 Å². The smallest absolute Gasteiger partial charge is 0.311 e. The van der Waals surface area contributed by atoms with Crippen LogP contribution in [0.5, 0.6) is 11.5 Å². The first-order valence-electron chi connectivity index (χ1n) is 7.95. The van der Waals surface area contributed by atoms with Crippen LogP contribution in [0.25, 0.3) is 0 Å². The minimum Gasteiger partial charge on any atom is -0.490 e. The van der Waals surface area contributed by atoms with Crippen molar-refractivity contribution in [2.24, 2.45) is 0 Å². The summed E-state index contributed by atoms with van der Waals surface area (Å²) in [6.45, 7) is 2.93. The Balaban J connectivity index is 1.72. The predicted octanol–water partition coefficient (Wildman–Crippen LogP) is 3.18. The molecule has 0 aliphatic heterocycles. The van der Waals surface area contributed by atoms with Gasteiger partial charge in [-0.05, 0) is 37.1 Å². The van der Waals surface area contributed by atoms with Crippen LogP contribution >= 0.6 is 0 Å². The summed E-state index contributed by atoms with van der Waals surface area (Å²) in [7, 11) is 0. The van der Waals surface area contributed by atoms with Crippen LogP contribution in [0.3, 0.4) is 0 Å². The van der Waals surface area contributed by atoms with Crippen LogP contribution in [0, 0.1) is 0 Å². The van der Waals surface area contributed by atoms with Crippen molar-refractivity contribution in [2.45, 2.75) is 26.2 Å². The molecule has 1 aromatic heterocycles. The van der Waals surface area contributed by atoms with Crippen molar-refractivity contribution in [3.8, 4) is 11.5 Å². The number of amides is 1. The van der Waals surface area contributed by atoms with E-state index in [1.807, 2.05) is 13.0 Å². The van der Waals surface area contributed by atoms with Gasteiger partial charge in [0.25, 0.3) is 5.91 Å². The number of hydrogen-bond donors (Lipinski definition) is 1. The molecule has 0 spiro atoms. The fourth-order valence-corrected chi connectivity index (χ4v) is 1.97. The lowest BCUT2D eigenvalue weighted by atomic mass is 10.3. The quantitative estimate of drug-likeness (QED) is 0.434. The first-order chi connectivity index (χ1) is 11.7. The van der Waals surface area contributed by atoms with Gasteiger partial charge in [-0.1, -0.05) is 19.1 Å². The van der Waals surface area contributed by atoms with E-state index in [1.165, 1.54) is 6.26 Å². The Kier molecular flexibility index (Phi) is 6.89. The van der Waals surface area contributed by atoms with E-state index in [4.69, 9.17) is 13.9 Å². The SMILES string of the molecule is CCCOc1ccccc1OC(=O)CCCNC(=O)c1ccco1. The Bertz CT molecular complexity index is 651. The molecule has 1 aromatic carbocycles. The number of furan rings is 1. The third-order valence-corrected chi connectivity index (χ3v) is 3.12. The molecule has 0 radical (unpaired) electrons. The third-order valence-electron chi connectivity index (χ3n) is 3.12. The molecule has 6 heteroatoms. The first kappa shape index (κ1) is 17.6. The summed E-state index contributed by atoms with van der Waals surface area (Å²) in [4.78, 5) is 23.6. The Labute approximate surface area is 140 Å². The summed E-state index contributed by atoms with van der Waals surface area (Å²) in [6, 6.07) is 10.3. The van der Waals surface area contributed by atoms with Crippen molar-refractivity contribution in [1.82, 2.24) is 5.32 Å². The van der Waals surface area contributed by atoms with Gasteiger partial charge in [-0.2, -0.15) is 0 Å². The first-order valence-corrected chi connectivity index (χ1v) is 7.95. The normalized spacial score (nSPS) is 10.2. The summed E-state index contributed by atoms with van der Waals surface area (Å²) >= 11 is 0. The van der Waals surface area contributed by atoms with E-state index < -0.39 is 0 Å². The monoisotopic (exact) mass is 331 g/mol. The molecule has 24 heavy (non-hydrogen) atoms. The number of esters is 1. The van der Waals surface area contributed by atoms with Gasteiger partial charge in [0.2, 0.25) is 0 Å². The zero-order valence-electron chi connectivity index (χ0n) is 13.6. The van der Waals surface area contributed by atoms with Gasteiger partial charge in [0, 0.05) is 13.0 Å². The molecule has 1 amide bonds. The highest BCUT2D eigenvalue weighted by Crippen LogP contribution is 2.26. The van der Waals surface area contributed by atoms with E-state index in [1.54, 1.807) is 30.3 Å². The average Bonchev–Trinajstić information content (AvgIpc) is 3.12. The molecular weight excluding hydrogens is 310 g/mol. The Morgan fingerprint density at radius 3 is 2.62 bits per heavy atom. The molecule has 0 atom stereocenters. The molecule has 2 aromatic rings. The summed E-state index contributed by atoms with van der Waals surface area (Å²) in [5.41, 5.74) is 0. The summed E-state index contributed by atoms with van der Waals surface area (Å²) < 4.78 is 15.8. The Morgan fingerprint density at radius 1 is 1.12 bits per heavy atom. The highest BCUT2D eigenvalue weighted by Gasteiger charge is 2.11. The van der Waals surface area contributed by atoms with Crippen LogP contribution in [0.1, 0.15) is 36.7 Å². The van der Waals surface area contributed by atoms with Gasteiger partial charge in [0.15, 0.2) is 17.3 Å². The molecule has 1 heterocycles. The summed E-state index contributed by atoms with van der Waals surface area (Å²) in [6.07, 6.45) is 2.98. The van der Waals surface area contributed by atoms with Gasteiger partial charge in [-0.25, -0.2) is 0 Å². The number of benzene rings is 1. The lowest BCUT2D eigenvalue weighted by Gasteiger charge is -2.10. The Hall–Kier alpha value is -2.76. The van der Waals surface area contributed by atoms with Crippen LogP contribution < -0.4 is 14.8 Å². The fraction of sp³-hybridized carbons (Fsp3) is 0.333. The number of hydrogen-bond acceptors (Lipinski definition) is 5. The number of nitrogens with one attached hydrogen (secondary N) is 1. The summed E-state index contributed by atoms with van der Waals surface area (Å²) in [5, 5.41) is 2.68. The van der Waals surface area contributed by atoms with Crippen LogP contribution in [0.4, 0.5) is 0 Å². The van der Waals surface area contributed by atoms with E-state index in [2.05, 4.69) is 5.32 Å². The fourth-order valence-electron chi connectivity index (χ4n) is 1.97. The molecule has 0 bridgehead atoms. The standard InChI is InChI=1S/C18H21NO5/c1-2-12-22-14-7-3-4-8-15(14)24-17(20)10-5-11-19-18(21)16-9-6-13-23-16/h3-4,6-9,13H,2,5,10-12H2,1H3,(H,19,21). The molecule has 6 nitrogen and oxygen atoms in total. The molecule has 0 saturated heterocycles. The maximum absolute atomic E-state index is 11.9.